The summed E-state index contributed by atoms with van der Waals surface area (Å²) in [5.74, 6) is -3.00. The van der Waals surface area contributed by atoms with Gasteiger partial charge >= 0.3 is 5.97 Å². The van der Waals surface area contributed by atoms with Gasteiger partial charge in [-0.25, -0.2) is 4.79 Å². The molecule has 0 saturated carbocycles. The number of aromatic carboxylic acids is 1. The second-order valence-electron chi connectivity index (χ2n) is 2.57. The number of phenols is 3. The second-order valence-corrected chi connectivity index (χ2v) is 2.57. The number of benzene rings is 1. The van der Waals surface area contributed by atoms with E-state index in [1.54, 1.807) is 0 Å². The zero-order valence-electron chi connectivity index (χ0n) is 6.77. The summed E-state index contributed by atoms with van der Waals surface area (Å²) in [7, 11) is 0. The summed E-state index contributed by atoms with van der Waals surface area (Å²) in [5, 5.41) is 35.8. The molecule has 1 rings (SSSR count). The van der Waals surface area contributed by atoms with Crippen LogP contribution in [0.3, 0.4) is 0 Å². The van der Waals surface area contributed by atoms with Gasteiger partial charge in [0.15, 0.2) is 11.5 Å². The van der Waals surface area contributed by atoms with Gasteiger partial charge in [0.05, 0.1) is 0 Å². The topological polar surface area (TPSA) is 98.0 Å². The van der Waals surface area contributed by atoms with Crippen LogP contribution in [0.5, 0.6) is 17.2 Å². The summed E-state index contributed by atoms with van der Waals surface area (Å²) in [6.07, 6.45) is 0. The minimum Gasteiger partial charge on any atom is -0.507 e. The number of hydrogen-bond donors (Lipinski definition) is 4. The van der Waals surface area contributed by atoms with Crippen molar-refractivity contribution in [2.45, 2.75) is 6.92 Å². The van der Waals surface area contributed by atoms with E-state index in [9.17, 15) is 4.79 Å². The van der Waals surface area contributed by atoms with Gasteiger partial charge in [-0.05, 0) is 6.92 Å². The van der Waals surface area contributed by atoms with E-state index < -0.39 is 28.8 Å². The zero-order chi connectivity index (χ0) is 10.2. The van der Waals surface area contributed by atoms with E-state index >= 15 is 0 Å². The lowest BCUT2D eigenvalue weighted by Gasteiger charge is -2.07. The molecule has 1 aromatic rings. The highest BCUT2D eigenvalue weighted by Crippen LogP contribution is 2.36. The van der Waals surface area contributed by atoms with Gasteiger partial charge in [-0.2, -0.15) is 0 Å². The maximum Gasteiger partial charge on any atom is 0.339 e. The highest BCUT2D eigenvalue weighted by atomic mass is 16.4. The largest absolute Gasteiger partial charge is 0.507 e. The molecule has 1 aromatic carbocycles. The number of aromatic hydroxyl groups is 3. The Morgan fingerprint density at radius 3 is 2.23 bits per heavy atom. The lowest BCUT2D eigenvalue weighted by molar-refractivity contribution is 0.0692. The fourth-order valence-electron chi connectivity index (χ4n) is 1.04. The van der Waals surface area contributed by atoms with Gasteiger partial charge in [-0.3, -0.25) is 0 Å². The van der Waals surface area contributed by atoms with E-state index in [4.69, 9.17) is 20.4 Å². The van der Waals surface area contributed by atoms with Crippen LogP contribution in [0.2, 0.25) is 0 Å². The number of carbonyl (C=O) groups is 1. The van der Waals surface area contributed by atoms with Crippen LogP contribution in [0.25, 0.3) is 0 Å². The summed E-state index contributed by atoms with van der Waals surface area (Å²) < 4.78 is 0. The smallest absolute Gasteiger partial charge is 0.339 e. The molecule has 0 amide bonds. The Balaban J connectivity index is 3.53. The standard InChI is InChI=1S/C8H8O5/c1-3-6(8(12)13)4(9)2-5(10)7(3)11/h2,9-11H,1H3,(H,12,13). The van der Waals surface area contributed by atoms with Crippen molar-refractivity contribution in [3.05, 3.63) is 17.2 Å². The summed E-state index contributed by atoms with van der Waals surface area (Å²) >= 11 is 0. The first-order valence-corrected chi connectivity index (χ1v) is 3.43. The van der Waals surface area contributed by atoms with Crippen molar-refractivity contribution >= 4 is 5.97 Å². The van der Waals surface area contributed by atoms with Crippen LogP contribution < -0.4 is 0 Å². The van der Waals surface area contributed by atoms with E-state index in [1.807, 2.05) is 0 Å². The Morgan fingerprint density at radius 1 is 1.23 bits per heavy atom. The van der Waals surface area contributed by atoms with Gasteiger partial charge in [-0.1, -0.05) is 0 Å². The summed E-state index contributed by atoms with van der Waals surface area (Å²) in [4.78, 5) is 10.6. The first kappa shape index (κ1) is 9.18. The third-order valence-electron chi connectivity index (χ3n) is 1.72. The maximum atomic E-state index is 10.6. The SMILES string of the molecule is Cc1c(O)c(O)cc(O)c1C(=O)O. The molecule has 5 heteroatoms. The molecule has 0 atom stereocenters. The van der Waals surface area contributed by atoms with E-state index in [2.05, 4.69) is 0 Å². The van der Waals surface area contributed by atoms with Gasteiger partial charge in [-0.15, -0.1) is 0 Å². The molecular weight excluding hydrogens is 176 g/mol. The van der Waals surface area contributed by atoms with E-state index in [-0.39, 0.29) is 5.56 Å². The molecule has 0 spiro atoms. The molecule has 0 radical (unpaired) electrons. The van der Waals surface area contributed by atoms with Crippen molar-refractivity contribution in [2.24, 2.45) is 0 Å². The minimum absolute atomic E-state index is 0.0648. The van der Waals surface area contributed by atoms with Crippen molar-refractivity contribution < 1.29 is 25.2 Å². The predicted octanol–water partition coefficient (Wildman–Crippen LogP) is 0.810. The van der Waals surface area contributed by atoms with Gasteiger partial charge in [0.25, 0.3) is 0 Å². The quantitative estimate of drug-likeness (QED) is 0.382. The number of rotatable bonds is 1. The maximum absolute atomic E-state index is 10.6. The highest BCUT2D eigenvalue weighted by molar-refractivity contribution is 5.93. The molecule has 0 fully saturated rings. The van der Waals surface area contributed by atoms with Crippen LogP contribution >= 0.6 is 0 Å². The molecular formula is C8H8O5. The van der Waals surface area contributed by atoms with Crippen molar-refractivity contribution in [2.75, 3.05) is 0 Å². The summed E-state index contributed by atoms with van der Waals surface area (Å²) in [5.41, 5.74) is -0.472. The molecule has 0 aliphatic carbocycles. The first-order chi connectivity index (χ1) is 5.95. The van der Waals surface area contributed by atoms with Crippen molar-refractivity contribution in [1.82, 2.24) is 0 Å². The zero-order valence-corrected chi connectivity index (χ0v) is 6.77. The minimum atomic E-state index is -1.36. The molecule has 0 heterocycles. The molecule has 70 valence electrons. The Kier molecular flexibility index (Phi) is 2.02. The monoisotopic (exact) mass is 184 g/mol. The molecule has 0 unspecified atom stereocenters. The number of carboxylic acid groups (broad SMARTS) is 1. The predicted molar refractivity (Wildman–Crippen MR) is 43.1 cm³/mol. The Morgan fingerprint density at radius 2 is 1.77 bits per heavy atom. The van der Waals surface area contributed by atoms with Crippen LogP contribution in [0.4, 0.5) is 0 Å². The Bertz CT molecular complexity index is 369. The van der Waals surface area contributed by atoms with Crippen molar-refractivity contribution in [3.63, 3.8) is 0 Å². The highest BCUT2D eigenvalue weighted by Gasteiger charge is 2.18. The first-order valence-electron chi connectivity index (χ1n) is 3.43. The average molecular weight is 184 g/mol. The average Bonchev–Trinajstić information content (AvgIpc) is 1.99. The molecule has 0 aliphatic heterocycles. The van der Waals surface area contributed by atoms with Gasteiger partial charge in [0, 0.05) is 11.6 Å². The molecule has 0 aliphatic rings. The molecule has 0 bridgehead atoms. The van der Waals surface area contributed by atoms with E-state index in [0.717, 1.165) is 6.07 Å². The molecule has 0 saturated heterocycles. The lowest BCUT2D eigenvalue weighted by Crippen LogP contribution is -2.00. The summed E-state index contributed by atoms with van der Waals surface area (Å²) in [6.45, 7) is 1.29. The third kappa shape index (κ3) is 1.35. The fraction of sp³-hybridized carbons (Fsp3) is 0.125. The fourth-order valence-corrected chi connectivity index (χ4v) is 1.04. The van der Waals surface area contributed by atoms with Crippen LogP contribution in [0.15, 0.2) is 6.07 Å². The van der Waals surface area contributed by atoms with Crippen LogP contribution in [0.1, 0.15) is 15.9 Å². The van der Waals surface area contributed by atoms with Gasteiger partial charge < -0.3 is 20.4 Å². The third-order valence-corrected chi connectivity index (χ3v) is 1.72. The normalized spacial score (nSPS) is 9.92. The number of hydrogen-bond acceptors (Lipinski definition) is 4. The molecule has 5 nitrogen and oxygen atoms in total. The Labute approximate surface area is 73.5 Å². The number of carboxylic acids is 1. The van der Waals surface area contributed by atoms with Crippen molar-refractivity contribution in [1.29, 1.82) is 0 Å². The van der Waals surface area contributed by atoms with Gasteiger partial charge in [0.1, 0.15) is 11.3 Å². The molecule has 0 aromatic heterocycles. The van der Waals surface area contributed by atoms with E-state index in [1.165, 1.54) is 6.92 Å². The van der Waals surface area contributed by atoms with Crippen molar-refractivity contribution in [3.8, 4) is 17.2 Å². The van der Waals surface area contributed by atoms with Crippen LogP contribution in [-0.2, 0) is 0 Å². The lowest BCUT2D eigenvalue weighted by atomic mass is 10.1. The number of phenolic OH excluding ortho intramolecular Hbond substituents is 2. The molecule has 13 heavy (non-hydrogen) atoms. The Hall–Kier alpha value is -1.91. The van der Waals surface area contributed by atoms with Crippen LogP contribution in [-0.4, -0.2) is 26.4 Å². The van der Waals surface area contributed by atoms with Gasteiger partial charge in [0.2, 0.25) is 0 Å². The second kappa shape index (κ2) is 2.85. The molecule has 4 N–H and O–H groups in total. The van der Waals surface area contributed by atoms with E-state index in [0.29, 0.717) is 0 Å². The summed E-state index contributed by atoms with van der Waals surface area (Å²) in [6, 6.07) is 0.784. The van der Waals surface area contributed by atoms with Crippen LogP contribution in [0, 0.1) is 6.92 Å².